The zero-order valence-electron chi connectivity index (χ0n) is 12.3. The topological polar surface area (TPSA) is 32.7 Å². The molecule has 0 bridgehead atoms. The predicted octanol–water partition coefficient (Wildman–Crippen LogP) is 3.28. The van der Waals surface area contributed by atoms with Gasteiger partial charge in [-0.2, -0.15) is 0 Å². The lowest BCUT2D eigenvalue weighted by Gasteiger charge is -2.46. The van der Waals surface area contributed by atoms with E-state index in [1.165, 1.54) is 31.4 Å². The Hall–Kier alpha value is -1.06. The minimum absolute atomic E-state index is 0.365. The van der Waals surface area contributed by atoms with Gasteiger partial charge in [-0.05, 0) is 25.3 Å². The van der Waals surface area contributed by atoms with E-state index in [1.54, 1.807) is 0 Å². The fourth-order valence-electron chi connectivity index (χ4n) is 3.65. The molecule has 2 aliphatic rings. The highest BCUT2D eigenvalue weighted by Crippen LogP contribution is 2.35. The summed E-state index contributed by atoms with van der Waals surface area (Å²) in [6.07, 6.45) is 5.74. The van der Waals surface area contributed by atoms with Crippen LogP contribution in [0.1, 0.15) is 50.7 Å². The first-order valence-electron chi connectivity index (χ1n) is 7.96. The van der Waals surface area contributed by atoms with Gasteiger partial charge in [0.15, 0.2) is 0 Å². The van der Waals surface area contributed by atoms with Crippen LogP contribution in [-0.4, -0.2) is 30.4 Å². The van der Waals surface area contributed by atoms with E-state index in [0.29, 0.717) is 12.1 Å². The van der Waals surface area contributed by atoms with Gasteiger partial charge in [0.25, 0.3) is 0 Å². The predicted molar refractivity (Wildman–Crippen MR) is 81.0 cm³/mol. The summed E-state index contributed by atoms with van der Waals surface area (Å²) in [5.74, 6) is 0. The van der Waals surface area contributed by atoms with Crippen molar-refractivity contribution in [1.29, 1.82) is 0 Å². The molecule has 1 aliphatic carbocycles. The summed E-state index contributed by atoms with van der Waals surface area (Å²) in [6, 6.07) is 8.82. The van der Waals surface area contributed by atoms with E-state index in [2.05, 4.69) is 23.1 Å². The number of aliphatic hydroxyl groups is 1. The summed E-state index contributed by atoms with van der Waals surface area (Å²) in [7, 11) is 0. The molecule has 3 atom stereocenters. The second kappa shape index (κ2) is 6.15. The molecular formula is C17H25NO2. The van der Waals surface area contributed by atoms with Crippen molar-refractivity contribution < 1.29 is 9.84 Å². The molecule has 1 aromatic rings. The molecule has 1 saturated heterocycles. The summed E-state index contributed by atoms with van der Waals surface area (Å²) in [6.45, 7) is 3.77. The number of nitrogens with zero attached hydrogens (tertiary/aromatic N) is 1. The maximum absolute atomic E-state index is 10.3. The average Bonchev–Trinajstić information content (AvgIpc) is 2.53. The van der Waals surface area contributed by atoms with Crippen LogP contribution in [0.5, 0.6) is 0 Å². The number of morpholine rings is 1. The van der Waals surface area contributed by atoms with E-state index < -0.39 is 0 Å². The van der Waals surface area contributed by atoms with Gasteiger partial charge < -0.3 is 14.7 Å². The van der Waals surface area contributed by atoms with E-state index in [1.807, 2.05) is 13.0 Å². The van der Waals surface area contributed by atoms with Crippen molar-refractivity contribution in [3.05, 3.63) is 29.8 Å². The van der Waals surface area contributed by atoms with Crippen molar-refractivity contribution >= 4 is 5.69 Å². The second-order valence-corrected chi connectivity index (χ2v) is 5.94. The molecule has 110 valence electrons. The van der Waals surface area contributed by atoms with Crippen LogP contribution in [0.25, 0.3) is 0 Å². The smallest absolute Gasteiger partial charge is 0.0807 e. The van der Waals surface area contributed by atoms with Crippen molar-refractivity contribution in [3.8, 4) is 0 Å². The highest BCUT2D eigenvalue weighted by atomic mass is 16.5. The van der Waals surface area contributed by atoms with Crippen LogP contribution < -0.4 is 4.90 Å². The van der Waals surface area contributed by atoms with Crippen LogP contribution in [0.2, 0.25) is 0 Å². The molecule has 1 aliphatic heterocycles. The number of hydrogen-bond acceptors (Lipinski definition) is 3. The van der Waals surface area contributed by atoms with Gasteiger partial charge in [0.2, 0.25) is 0 Å². The van der Waals surface area contributed by atoms with Crippen LogP contribution in [0.4, 0.5) is 5.69 Å². The molecular weight excluding hydrogens is 250 g/mol. The monoisotopic (exact) mass is 275 g/mol. The Morgan fingerprint density at radius 1 is 1.30 bits per heavy atom. The number of para-hydroxylation sites is 1. The standard InChI is InChI=1S/C17H25NO2/c1-2-16(19)13-7-3-4-8-14(13)18-11-12-20-17-10-6-5-9-15(17)18/h3-4,7-8,15-17,19H,2,5-6,9-12H2,1H3. The van der Waals surface area contributed by atoms with E-state index >= 15 is 0 Å². The molecule has 3 heteroatoms. The minimum atomic E-state index is -0.365. The second-order valence-electron chi connectivity index (χ2n) is 5.94. The summed E-state index contributed by atoms with van der Waals surface area (Å²) in [5, 5.41) is 10.3. The van der Waals surface area contributed by atoms with Gasteiger partial charge in [-0.25, -0.2) is 0 Å². The summed E-state index contributed by atoms with van der Waals surface area (Å²) in [4.78, 5) is 2.49. The quantitative estimate of drug-likeness (QED) is 0.919. The first kappa shape index (κ1) is 13.9. The molecule has 3 unspecified atom stereocenters. The summed E-state index contributed by atoms with van der Waals surface area (Å²) in [5.41, 5.74) is 2.28. The normalized spacial score (nSPS) is 28.0. The fraction of sp³-hybridized carbons (Fsp3) is 0.647. The molecule has 0 spiro atoms. The van der Waals surface area contributed by atoms with E-state index in [4.69, 9.17) is 4.74 Å². The lowest BCUT2D eigenvalue weighted by Crippen LogP contribution is -2.53. The number of aliphatic hydroxyl groups excluding tert-OH is 1. The molecule has 1 N–H and O–H groups in total. The SMILES string of the molecule is CCC(O)c1ccccc1N1CCOC2CCCCC21. The summed E-state index contributed by atoms with van der Waals surface area (Å²) < 4.78 is 5.96. The Balaban J connectivity index is 1.91. The van der Waals surface area contributed by atoms with Gasteiger partial charge in [0, 0.05) is 17.8 Å². The first-order valence-corrected chi connectivity index (χ1v) is 7.96. The van der Waals surface area contributed by atoms with Crippen molar-refractivity contribution in [1.82, 2.24) is 0 Å². The molecule has 2 fully saturated rings. The first-order chi connectivity index (χ1) is 9.81. The zero-order chi connectivity index (χ0) is 13.9. The maximum atomic E-state index is 10.3. The third kappa shape index (κ3) is 2.57. The van der Waals surface area contributed by atoms with Crippen LogP contribution >= 0.6 is 0 Å². The summed E-state index contributed by atoms with van der Waals surface area (Å²) >= 11 is 0. The van der Waals surface area contributed by atoms with Crippen molar-refractivity contribution in [2.75, 3.05) is 18.1 Å². The number of benzene rings is 1. The molecule has 1 heterocycles. The van der Waals surface area contributed by atoms with Crippen molar-refractivity contribution in [3.63, 3.8) is 0 Å². The molecule has 1 saturated carbocycles. The van der Waals surface area contributed by atoms with Crippen molar-refractivity contribution in [2.45, 2.75) is 57.3 Å². The Bertz CT molecular complexity index is 446. The van der Waals surface area contributed by atoms with Crippen LogP contribution in [0.3, 0.4) is 0 Å². The van der Waals surface area contributed by atoms with Gasteiger partial charge in [-0.15, -0.1) is 0 Å². The Morgan fingerprint density at radius 3 is 2.95 bits per heavy atom. The van der Waals surface area contributed by atoms with Gasteiger partial charge >= 0.3 is 0 Å². The van der Waals surface area contributed by atoms with Crippen LogP contribution in [0, 0.1) is 0 Å². The number of rotatable bonds is 3. The minimum Gasteiger partial charge on any atom is -0.388 e. The number of anilines is 1. The highest BCUT2D eigenvalue weighted by Gasteiger charge is 2.35. The molecule has 0 aromatic heterocycles. The van der Waals surface area contributed by atoms with Crippen molar-refractivity contribution in [2.24, 2.45) is 0 Å². The number of fused-ring (bicyclic) bond motifs is 1. The fourth-order valence-corrected chi connectivity index (χ4v) is 3.65. The zero-order valence-corrected chi connectivity index (χ0v) is 12.3. The Kier molecular flexibility index (Phi) is 4.27. The Labute approximate surface area is 121 Å². The molecule has 3 nitrogen and oxygen atoms in total. The number of hydrogen-bond donors (Lipinski definition) is 1. The molecule has 3 rings (SSSR count). The van der Waals surface area contributed by atoms with Gasteiger partial charge in [0.1, 0.15) is 0 Å². The lowest BCUT2D eigenvalue weighted by atomic mass is 9.89. The van der Waals surface area contributed by atoms with Gasteiger partial charge in [0.05, 0.1) is 24.9 Å². The van der Waals surface area contributed by atoms with E-state index in [9.17, 15) is 5.11 Å². The lowest BCUT2D eigenvalue weighted by molar-refractivity contribution is -0.00890. The molecule has 0 amide bonds. The maximum Gasteiger partial charge on any atom is 0.0807 e. The molecule has 20 heavy (non-hydrogen) atoms. The average molecular weight is 275 g/mol. The van der Waals surface area contributed by atoms with E-state index in [0.717, 1.165) is 25.1 Å². The number of ether oxygens (including phenoxy) is 1. The van der Waals surface area contributed by atoms with Crippen LogP contribution in [0.15, 0.2) is 24.3 Å². The van der Waals surface area contributed by atoms with E-state index in [-0.39, 0.29) is 6.10 Å². The largest absolute Gasteiger partial charge is 0.388 e. The molecule has 1 aromatic carbocycles. The van der Waals surface area contributed by atoms with Crippen LogP contribution in [-0.2, 0) is 4.74 Å². The third-order valence-electron chi connectivity index (χ3n) is 4.72. The Morgan fingerprint density at radius 2 is 2.10 bits per heavy atom. The third-order valence-corrected chi connectivity index (χ3v) is 4.72. The van der Waals surface area contributed by atoms with Gasteiger partial charge in [-0.3, -0.25) is 0 Å². The highest BCUT2D eigenvalue weighted by molar-refractivity contribution is 5.56. The van der Waals surface area contributed by atoms with Gasteiger partial charge in [-0.1, -0.05) is 38.0 Å². The molecule has 0 radical (unpaired) electrons.